The molecule has 1 unspecified atom stereocenters. The highest BCUT2D eigenvalue weighted by Gasteiger charge is 2.17. The van der Waals surface area contributed by atoms with Crippen molar-refractivity contribution in [3.05, 3.63) is 29.6 Å². The molecule has 0 saturated heterocycles. The van der Waals surface area contributed by atoms with E-state index in [1.165, 1.54) is 6.33 Å². The van der Waals surface area contributed by atoms with Crippen molar-refractivity contribution in [2.45, 2.75) is 19.4 Å². The van der Waals surface area contributed by atoms with E-state index in [0.717, 1.165) is 17.2 Å². The summed E-state index contributed by atoms with van der Waals surface area (Å²) in [7, 11) is 3.77. The molecule has 0 aliphatic carbocycles. The molecule has 7 heteroatoms. The third kappa shape index (κ3) is 2.34. The number of nitrogens with two attached hydrogens (primary N) is 1. The zero-order chi connectivity index (χ0) is 12.4. The molecule has 2 rings (SSSR count). The lowest BCUT2D eigenvalue weighted by Gasteiger charge is -2.15. The smallest absolute Gasteiger partial charge is 0.138 e. The van der Waals surface area contributed by atoms with Gasteiger partial charge in [0.2, 0.25) is 0 Å². The first-order valence-corrected chi connectivity index (χ1v) is 5.41. The van der Waals surface area contributed by atoms with E-state index < -0.39 is 0 Å². The van der Waals surface area contributed by atoms with Gasteiger partial charge in [0.25, 0.3) is 0 Å². The van der Waals surface area contributed by atoms with Crippen LogP contribution in [0.4, 0.5) is 0 Å². The molecule has 7 nitrogen and oxygen atoms in total. The molecule has 0 aromatic carbocycles. The summed E-state index contributed by atoms with van der Waals surface area (Å²) in [4.78, 5) is 4.19. The second-order valence-corrected chi connectivity index (χ2v) is 4.06. The van der Waals surface area contributed by atoms with Gasteiger partial charge >= 0.3 is 0 Å². The second kappa shape index (κ2) is 4.64. The Morgan fingerprint density at radius 3 is 2.65 bits per heavy atom. The lowest BCUT2D eigenvalue weighted by Crippen LogP contribution is -2.31. The molecule has 0 aliphatic heterocycles. The largest absolute Gasteiger partial charge is 0.271 e. The van der Waals surface area contributed by atoms with Gasteiger partial charge in [0, 0.05) is 20.5 Å². The zero-order valence-electron chi connectivity index (χ0n) is 10.3. The van der Waals surface area contributed by atoms with E-state index >= 15 is 0 Å². The van der Waals surface area contributed by atoms with Crippen LogP contribution in [0, 0.1) is 6.92 Å². The Kier molecular flexibility index (Phi) is 3.21. The van der Waals surface area contributed by atoms with Gasteiger partial charge in [0.1, 0.15) is 12.2 Å². The maximum atomic E-state index is 5.60. The maximum Gasteiger partial charge on any atom is 0.138 e. The van der Waals surface area contributed by atoms with Crippen LogP contribution in [-0.2, 0) is 20.5 Å². The lowest BCUT2D eigenvalue weighted by molar-refractivity contribution is 0.488. The summed E-state index contributed by atoms with van der Waals surface area (Å²) in [6, 6.07) is 1.99. The van der Waals surface area contributed by atoms with E-state index in [1.807, 2.05) is 31.8 Å². The minimum Gasteiger partial charge on any atom is -0.271 e. The lowest BCUT2D eigenvalue weighted by atomic mass is 10.1. The van der Waals surface area contributed by atoms with Gasteiger partial charge in [0.15, 0.2) is 0 Å². The molecule has 0 bridgehead atoms. The number of hydrogen-bond acceptors (Lipinski definition) is 5. The number of rotatable bonds is 4. The summed E-state index contributed by atoms with van der Waals surface area (Å²) in [5, 5.41) is 8.35. The van der Waals surface area contributed by atoms with Crippen LogP contribution in [0.25, 0.3) is 0 Å². The normalized spacial score (nSPS) is 12.9. The van der Waals surface area contributed by atoms with E-state index in [4.69, 9.17) is 5.84 Å². The molecule has 2 heterocycles. The molecule has 0 amide bonds. The standard InChI is InChI=1S/C10H17N7/c1-7-4-9(16(2)15-7)8(14-11)5-10-12-6-13-17(10)3/h4,6,8,14H,5,11H2,1-3H3. The van der Waals surface area contributed by atoms with Crippen molar-refractivity contribution in [3.63, 3.8) is 0 Å². The van der Waals surface area contributed by atoms with Crippen molar-refractivity contribution in [2.24, 2.45) is 19.9 Å². The van der Waals surface area contributed by atoms with Crippen molar-refractivity contribution < 1.29 is 0 Å². The zero-order valence-corrected chi connectivity index (χ0v) is 10.3. The number of hydrazine groups is 1. The van der Waals surface area contributed by atoms with E-state index in [9.17, 15) is 0 Å². The highest BCUT2D eigenvalue weighted by molar-refractivity contribution is 5.14. The third-order valence-corrected chi connectivity index (χ3v) is 2.79. The first-order valence-electron chi connectivity index (χ1n) is 5.41. The van der Waals surface area contributed by atoms with Crippen LogP contribution in [0.1, 0.15) is 23.3 Å². The van der Waals surface area contributed by atoms with E-state index in [-0.39, 0.29) is 6.04 Å². The summed E-state index contributed by atoms with van der Waals surface area (Å²) in [5.41, 5.74) is 4.80. The SMILES string of the molecule is Cc1cc(C(Cc2ncnn2C)NN)n(C)n1. The van der Waals surface area contributed by atoms with Crippen molar-refractivity contribution in [1.82, 2.24) is 30.0 Å². The van der Waals surface area contributed by atoms with Crippen LogP contribution in [0.5, 0.6) is 0 Å². The molecule has 92 valence electrons. The molecule has 3 N–H and O–H groups in total. The molecule has 17 heavy (non-hydrogen) atoms. The van der Waals surface area contributed by atoms with Crippen LogP contribution >= 0.6 is 0 Å². The van der Waals surface area contributed by atoms with Gasteiger partial charge in [-0.05, 0) is 13.0 Å². The minimum absolute atomic E-state index is 0.0240. The van der Waals surface area contributed by atoms with Gasteiger partial charge in [-0.1, -0.05) is 0 Å². The van der Waals surface area contributed by atoms with Crippen molar-refractivity contribution in [3.8, 4) is 0 Å². The highest BCUT2D eigenvalue weighted by Crippen LogP contribution is 2.16. The van der Waals surface area contributed by atoms with Crippen LogP contribution in [-0.4, -0.2) is 24.5 Å². The first kappa shape index (κ1) is 11.7. The highest BCUT2D eigenvalue weighted by atomic mass is 15.3. The van der Waals surface area contributed by atoms with E-state index in [0.29, 0.717) is 6.42 Å². The van der Waals surface area contributed by atoms with Gasteiger partial charge in [-0.3, -0.25) is 20.6 Å². The summed E-state index contributed by atoms with van der Waals surface area (Å²) < 4.78 is 3.57. The van der Waals surface area contributed by atoms with Crippen molar-refractivity contribution in [1.29, 1.82) is 0 Å². The molecule has 0 fully saturated rings. The van der Waals surface area contributed by atoms with Crippen LogP contribution in [0.15, 0.2) is 12.4 Å². The molecule has 0 radical (unpaired) electrons. The fraction of sp³-hybridized carbons (Fsp3) is 0.500. The number of hydrogen-bond donors (Lipinski definition) is 2. The van der Waals surface area contributed by atoms with Gasteiger partial charge in [-0.25, -0.2) is 4.98 Å². The number of aromatic nitrogens is 5. The Morgan fingerprint density at radius 1 is 1.41 bits per heavy atom. The van der Waals surface area contributed by atoms with E-state index in [2.05, 4.69) is 20.6 Å². The molecule has 1 atom stereocenters. The molecule has 2 aromatic rings. The van der Waals surface area contributed by atoms with Crippen LogP contribution < -0.4 is 11.3 Å². The Balaban J connectivity index is 2.23. The molecule has 0 saturated carbocycles. The monoisotopic (exact) mass is 235 g/mol. The quantitative estimate of drug-likeness (QED) is 0.556. The van der Waals surface area contributed by atoms with Gasteiger partial charge in [0.05, 0.1) is 17.4 Å². The Labute approximate surface area is 99.6 Å². The van der Waals surface area contributed by atoms with Crippen LogP contribution in [0.3, 0.4) is 0 Å². The maximum absolute atomic E-state index is 5.60. The second-order valence-electron chi connectivity index (χ2n) is 4.06. The third-order valence-electron chi connectivity index (χ3n) is 2.79. The summed E-state index contributed by atoms with van der Waals surface area (Å²) in [6.45, 7) is 1.96. The minimum atomic E-state index is -0.0240. The Bertz CT molecular complexity index is 498. The fourth-order valence-corrected chi connectivity index (χ4v) is 1.89. The van der Waals surface area contributed by atoms with Crippen molar-refractivity contribution >= 4 is 0 Å². The summed E-state index contributed by atoms with van der Waals surface area (Å²) >= 11 is 0. The Hall–Kier alpha value is -1.73. The number of nitrogens with one attached hydrogen (secondary N) is 1. The fourth-order valence-electron chi connectivity index (χ4n) is 1.89. The average Bonchev–Trinajstić information content (AvgIpc) is 2.82. The topological polar surface area (TPSA) is 86.6 Å². The number of nitrogens with zero attached hydrogens (tertiary/aromatic N) is 5. The first-order chi connectivity index (χ1) is 8.11. The summed E-state index contributed by atoms with van der Waals surface area (Å²) in [6.07, 6.45) is 2.21. The van der Waals surface area contributed by atoms with E-state index in [1.54, 1.807) is 4.68 Å². The summed E-state index contributed by atoms with van der Waals surface area (Å²) in [5.74, 6) is 6.48. The molecule has 2 aromatic heterocycles. The molecule has 0 aliphatic rings. The average molecular weight is 235 g/mol. The predicted molar refractivity (Wildman–Crippen MR) is 62.7 cm³/mol. The molecule has 0 spiro atoms. The van der Waals surface area contributed by atoms with Gasteiger partial charge in [-0.15, -0.1) is 0 Å². The number of aryl methyl sites for hydroxylation is 3. The van der Waals surface area contributed by atoms with Gasteiger partial charge in [-0.2, -0.15) is 10.2 Å². The van der Waals surface area contributed by atoms with Crippen molar-refractivity contribution in [2.75, 3.05) is 0 Å². The Morgan fingerprint density at radius 2 is 2.18 bits per heavy atom. The molecular formula is C10H17N7. The predicted octanol–water partition coefficient (Wildman–Crippen LogP) is -0.396. The molecular weight excluding hydrogens is 218 g/mol. The van der Waals surface area contributed by atoms with Crippen LogP contribution in [0.2, 0.25) is 0 Å². The van der Waals surface area contributed by atoms with Gasteiger partial charge < -0.3 is 0 Å².